The van der Waals surface area contributed by atoms with Crippen LogP contribution in [0.4, 0.5) is 5.69 Å². The lowest BCUT2D eigenvalue weighted by atomic mass is 10.1. The fourth-order valence-corrected chi connectivity index (χ4v) is 5.20. The molecule has 1 aliphatic heterocycles. The average molecular weight is 544 g/mol. The summed E-state index contributed by atoms with van der Waals surface area (Å²) in [6, 6.07) is 8.64. The molecule has 0 aliphatic carbocycles. The van der Waals surface area contributed by atoms with Gasteiger partial charge in [-0.1, -0.05) is 36.2 Å². The predicted molar refractivity (Wildman–Crippen MR) is 135 cm³/mol. The Morgan fingerprint density at radius 3 is 2.43 bits per heavy atom. The van der Waals surface area contributed by atoms with Crippen LogP contribution in [0, 0.1) is 0 Å². The van der Waals surface area contributed by atoms with Gasteiger partial charge in [0.1, 0.15) is 12.6 Å². The molecule has 1 N–H and O–H groups in total. The van der Waals surface area contributed by atoms with Crippen LogP contribution < -0.4 is 19.1 Å². The molecule has 1 heterocycles. The predicted octanol–water partition coefficient (Wildman–Crippen LogP) is 3.43. The summed E-state index contributed by atoms with van der Waals surface area (Å²) in [6.07, 6.45) is 0.307. The first kappa shape index (κ1) is 26.9. The maximum atomic E-state index is 13.6. The highest BCUT2D eigenvalue weighted by Gasteiger charge is 2.33. The van der Waals surface area contributed by atoms with Gasteiger partial charge in [-0.25, -0.2) is 8.42 Å². The van der Waals surface area contributed by atoms with Gasteiger partial charge in [-0.3, -0.25) is 13.9 Å². The number of nitrogens with one attached hydrogen (secondary N) is 1. The number of ether oxygens (including phenoxy) is 2. The zero-order valence-electron chi connectivity index (χ0n) is 19.6. The SMILES string of the molecule is CCC(C(=O)NC)N(Cc1ccc(Cl)cc1Cl)C(=O)CN(c1ccc2c(c1)OCO2)S(=O)(=O)CC. The molecule has 0 saturated heterocycles. The topological polar surface area (TPSA) is 105 Å². The highest BCUT2D eigenvalue weighted by Crippen LogP contribution is 2.36. The Hall–Kier alpha value is -2.69. The van der Waals surface area contributed by atoms with E-state index in [-0.39, 0.29) is 30.7 Å². The summed E-state index contributed by atoms with van der Waals surface area (Å²) in [5.41, 5.74) is 0.821. The Balaban J connectivity index is 1.99. The quantitative estimate of drug-likeness (QED) is 0.492. The molecule has 12 heteroatoms. The lowest BCUT2D eigenvalue weighted by Crippen LogP contribution is -2.52. The van der Waals surface area contributed by atoms with Gasteiger partial charge >= 0.3 is 0 Å². The van der Waals surface area contributed by atoms with E-state index < -0.39 is 28.5 Å². The second-order valence-electron chi connectivity index (χ2n) is 7.74. The summed E-state index contributed by atoms with van der Waals surface area (Å²) in [6.45, 7) is 2.75. The van der Waals surface area contributed by atoms with E-state index in [1.807, 2.05) is 0 Å². The number of amides is 2. The average Bonchev–Trinajstić information content (AvgIpc) is 3.31. The standard InChI is InChI=1S/C23H27Cl2N3O6S/c1-4-19(23(30)26-3)27(12-15-6-7-16(24)10-18(15)25)22(29)13-28(35(31,32)5-2)17-8-9-20-21(11-17)34-14-33-20/h6-11,19H,4-5,12-14H2,1-3H3,(H,26,30). The number of carbonyl (C=O) groups is 2. The Morgan fingerprint density at radius 1 is 1.09 bits per heavy atom. The first-order valence-electron chi connectivity index (χ1n) is 11.0. The Bertz CT molecular complexity index is 1210. The number of fused-ring (bicyclic) bond motifs is 1. The molecule has 2 amide bonds. The van der Waals surface area contributed by atoms with E-state index >= 15 is 0 Å². The fraction of sp³-hybridized carbons (Fsp3) is 0.391. The molecular weight excluding hydrogens is 517 g/mol. The van der Waals surface area contributed by atoms with Crippen molar-refractivity contribution in [1.82, 2.24) is 10.2 Å². The molecule has 35 heavy (non-hydrogen) atoms. The van der Waals surface area contributed by atoms with Crippen molar-refractivity contribution in [2.45, 2.75) is 32.9 Å². The Kier molecular flexibility index (Phi) is 8.74. The van der Waals surface area contributed by atoms with Crippen LogP contribution in [0.2, 0.25) is 10.0 Å². The number of hydrogen-bond donors (Lipinski definition) is 1. The van der Waals surface area contributed by atoms with E-state index in [2.05, 4.69) is 5.32 Å². The van der Waals surface area contributed by atoms with Crippen LogP contribution in [0.5, 0.6) is 11.5 Å². The molecule has 1 unspecified atom stereocenters. The van der Waals surface area contributed by atoms with Gasteiger partial charge in [0, 0.05) is 29.7 Å². The first-order chi connectivity index (χ1) is 16.6. The van der Waals surface area contributed by atoms with Crippen molar-refractivity contribution < 1.29 is 27.5 Å². The van der Waals surface area contributed by atoms with Crippen LogP contribution in [-0.4, -0.2) is 57.3 Å². The number of likely N-dealkylation sites (N-methyl/N-ethyl adjacent to an activating group) is 1. The van der Waals surface area contributed by atoms with Crippen molar-refractivity contribution in [2.75, 3.05) is 30.4 Å². The van der Waals surface area contributed by atoms with E-state index in [0.29, 0.717) is 33.5 Å². The first-order valence-corrected chi connectivity index (χ1v) is 13.3. The van der Waals surface area contributed by atoms with Gasteiger partial charge in [-0.15, -0.1) is 0 Å². The van der Waals surface area contributed by atoms with Crippen LogP contribution in [0.3, 0.4) is 0 Å². The molecule has 0 radical (unpaired) electrons. The van der Waals surface area contributed by atoms with E-state index in [4.69, 9.17) is 32.7 Å². The minimum atomic E-state index is -3.86. The highest BCUT2D eigenvalue weighted by atomic mass is 35.5. The summed E-state index contributed by atoms with van der Waals surface area (Å²) in [7, 11) is -2.38. The van der Waals surface area contributed by atoms with Crippen molar-refractivity contribution in [3.05, 3.63) is 52.0 Å². The largest absolute Gasteiger partial charge is 0.454 e. The van der Waals surface area contributed by atoms with Gasteiger partial charge in [0.05, 0.1) is 11.4 Å². The van der Waals surface area contributed by atoms with Crippen LogP contribution in [0.25, 0.3) is 0 Å². The van der Waals surface area contributed by atoms with Crippen LogP contribution in [0.15, 0.2) is 36.4 Å². The molecule has 0 fully saturated rings. The fourth-order valence-electron chi connectivity index (χ4n) is 3.68. The monoisotopic (exact) mass is 543 g/mol. The third-order valence-electron chi connectivity index (χ3n) is 5.61. The molecule has 2 aromatic rings. The van der Waals surface area contributed by atoms with E-state index in [1.165, 1.54) is 24.9 Å². The van der Waals surface area contributed by atoms with Crippen molar-refractivity contribution in [3.8, 4) is 11.5 Å². The van der Waals surface area contributed by atoms with Crippen molar-refractivity contribution in [1.29, 1.82) is 0 Å². The Morgan fingerprint density at radius 2 is 1.80 bits per heavy atom. The number of nitrogens with zero attached hydrogens (tertiary/aromatic N) is 2. The maximum absolute atomic E-state index is 13.6. The molecule has 1 aliphatic rings. The number of sulfonamides is 1. The highest BCUT2D eigenvalue weighted by molar-refractivity contribution is 7.92. The van der Waals surface area contributed by atoms with Gasteiger partial charge < -0.3 is 19.7 Å². The Labute approximate surface area is 214 Å². The summed E-state index contributed by atoms with van der Waals surface area (Å²) in [5.74, 6) is -0.309. The minimum Gasteiger partial charge on any atom is -0.454 e. The molecule has 2 aromatic carbocycles. The third kappa shape index (κ3) is 6.12. The third-order valence-corrected chi connectivity index (χ3v) is 7.94. The van der Waals surface area contributed by atoms with Gasteiger partial charge in [-0.2, -0.15) is 0 Å². The van der Waals surface area contributed by atoms with Crippen molar-refractivity contribution in [3.63, 3.8) is 0 Å². The number of anilines is 1. The zero-order valence-corrected chi connectivity index (χ0v) is 21.9. The number of carbonyl (C=O) groups excluding carboxylic acids is 2. The van der Waals surface area contributed by atoms with Crippen molar-refractivity contribution in [2.24, 2.45) is 0 Å². The van der Waals surface area contributed by atoms with Crippen LogP contribution >= 0.6 is 23.2 Å². The molecule has 0 aromatic heterocycles. The molecule has 190 valence electrons. The number of halogens is 2. The number of hydrogen-bond acceptors (Lipinski definition) is 6. The van der Waals surface area contributed by atoms with Crippen LogP contribution in [0.1, 0.15) is 25.8 Å². The number of benzene rings is 2. The second-order valence-corrected chi connectivity index (χ2v) is 10.8. The zero-order chi connectivity index (χ0) is 25.8. The number of rotatable bonds is 10. The van der Waals surface area contributed by atoms with Gasteiger partial charge in [0.25, 0.3) is 0 Å². The molecule has 1 atom stereocenters. The summed E-state index contributed by atoms with van der Waals surface area (Å²) < 4.78 is 37.7. The normalized spacial score (nSPS) is 13.3. The second kappa shape index (κ2) is 11.4. The van der Waals surface area contributed by atoms with Gasteiger partial charge in [-0.05, 0) is 43.2 Å². The molecule has 0 bridgehead atoms. The smallest absolute Gasteiger partial charge is 0.244 e. The van der Waals surface area contributed by atoms with E-state index in [0.717, 1.165) is 4.31 Å². The van der Waals surface area contributed by atoms with E-state index in [9.17, 15) is 18.0 Å². The van der Waals surface area contributed by atoms with Crippen molar-refractivity contribution >= 4 is 50.7 Å². The lowest BCUT2D eigenvalue weighted by molar-refractivity contribution is -0.140. The van der Waals surface area contributed by atoms with E-state index in [1.54, 1.807) is 37.3 Å². The summed E-state index contributed by atoms with van der Waals surface area (Å²) >= 11 is 12.3. The molecule has 0 spiro atoms. The maximum Gasteiger partial charge on any atom is 0.244 e. The summed E-state index contributed by atoms with van der Waals surface area (Å²) in [4.78, 5) is 27.6. The minimum absolute atomic E-state index is 0.0120. The van der Waals surface area contributed by atoms with Gasteiger partial charge in [0.2, 0.25) is 28.6 Å². The summed E-state index contributed by atoms with van der Waals surface area (Å²) in [5, 5.41) is 3.32. The molecular formula is C23H27Cl2N3O6S. The molecule has 9 nitrogen and oxygen atoms in total. The van der Waals surface area contributed by atoms with Gasteiger partial charge in [0.15, 0.2) is 11.5 Å². The van der Waals surface area contributed by atoms with Crippen LogP contribution in [-0.2, 0) is 26.2 Å². The molecule has 0 saturated carbocycles. The molecule has 3 rings (SSSR count). The lowest BCUT2D eigenvalue weighted by Gasteiger charge is -2.33.